The fourth-order valence-corrected chi connectivity index (χ4v) is 4.82. The summed E-state index contributed by atoms with van der Waals surface area (Å²) in [7, 11) is 1.60. The number of aromatic nitrogens is 6. The van der Waals surface area contributed by atoms with E-state index in [9.17, 15) is 4.79 Å². The number of fused-ring (bicyclic) bond motifs is 2. The van der Waals surface area contributed by atoms with Crippen LogP contribution in [0.2, 0.25) is 0 Å². The maximum Gasteiger partial charge on any atom is 0.227 e. The number of ether oxygens (including phenoxy) is 1. The predicted molar refractivity (Wildman–Crippen MR) is 130 cm³/mol. The maximum atomic E-state index is 13.4. The minimum Gasteiger partial charge on any atom is -0.494 e. The van der Waals surface area contributed by atoms with Gasteiger partial charge in [0.1, 0.15) is 5.75 Å². The molecule has 0 aliphatic carbocycles. The summed E-state index contributed by atoms with van der Waals surface area (Å²) in [6.45, 7) is 1.25. The maximum absolute atomic E-state index is 13.4. The van der Waals surface area contributed by atoms with Crippen LogP contribution in [0.25, 0.3) is 28.0 Å². The molecule has 0 bridgehead atoms. The summed E-state index contributed by atoms with van der Waals surface area (Å²) in [5.41, 5.74) is 6.16. The Labute approximate surface area is 201 Å². The van der Waals surface area contributed by atoms with Gasteiger partial charge in [-0.1, -0.05) is 29.5 Å². The molecule has 0 saturated carbocycles. The standard InChI is InChI=1S/C26H23N7O2/c1-35-22-15-29-26(33-12-10-30-31-33)25-24(22)18(14-28-25)13-23(34)32-11-8-19-17(16-32)5-4-6-20(19)21-7-2-3-9-27-21/h2-7,9-10,12,14-15,28H,8,11,13,16H2,1H3. The van der Waals surface area contributed by atoms with Gasteiger partial charge in [-0.05, 0) is 35.2 Å². The quantitative estimate of drug-likeness (QED) is 0.427. The summed E-state index contributed by atoms with van der Waals surface area (Å²) >= 11 is 0. The Morgan fingerprint density at radius 1 is 1.14 bits per heavy atom. The van der Waals surface area contributed by atoms with Crippen molar-refractivity contribution in [2.75, 3.05) is 13.7 Å². The normalized spacial score (nSPS) is 13.1. The molecule has 6 rings (SSSR count). The zero-order chi connectivity index (χ0) is 23.8. The van der Waals surface area contributed by atoms with E-state index in [0.29, 0.717) is 24.7 Å². The van der Waals surface area contributed by atoms with Gasteiger partial charge in [-0.3, -0.25) is 9.78 Å². The molecule has 1 aliphatic heterocycles. The number of hydrogen-bond donors (Lipinski definition) is 1. The highest BCUT2D eigenvalue weighted by molar-refractivity contribution is 5.96. The monoisotopic (exact) mass is 465 g/mol. The van der Waals surface area contributed by atoms with Crippen LogP contribution in [-0.2, 0) is 24.2 Å². The fraction of sp³-hybridized carbons (Fsp3) is 0.192. The van der Waals surface area contributed by atoms with E-state index in [4.69, 9.17) is 4.74 Å². The topological polar surface area (TPSA) is 102 Å². The average Bonchev–Trinajstić information content (AvgIpc) is 3.59. The van der Waals surface area contributed by atoms with Crippen LogP contribution in [0.4, 0.5) is 0 Å². The Kier molecular flexibility index (Phi) is 5.21. The number of hydrogen-bond acceptors (Lipinski definition) is 6. The molecule has 0 spiro atoms. The van der Waals surface area contributed by atoms with Crippen LogP contribution in [0, 0.1) is 0 Å². The largest absolute Gasteiger partial charge is 0.494 e. The van der Waals surface area contributed by atoms with Crippen LogP contribution >= 0.6 is 0 Å². The van der Waals surface area contributed by atoms with Crippen LogP contribution in [0.15, 0.2) is 67.4 Å². The Morgan fingerprint density at radius 2 is 2.09 bits per heavy atom. The molecule has 0 radical (unpaired) electrons. The molecule has 9 nitrogen and oxygen atoms in total. The number of nitrogens with one attached hydrogen (secondary N) is 1. The van der Waals surface area contributed by atoms with Crippen LogP contribution in [0.5, 0.6) is 5.75 Å². The molecule has 0 saturated heterocycles. The first-order valence-corrected chi connectivity index (χ1v) is 11.4. The first kappa shape index (κ1) is 21.0. The van der Waals surface area contributed by atoms with E-state index in [1.54, 1.807) is 30.4 Å². The lowest BCUT2D eigenvalue weighted by atomic mass is 9.92. The minimum atomic E-state index is 0.0703. The van der Waals surface area contributed by atoms with Gasteiger partial charge in [-0.25, -0.2) is 9.67 Å². The van der Waals surface area contributed by atoms with E-state index in [-0.39, 0.29) is 12.3 Å². The third-order valence-electron chi connectivity index (χ3n) is 6.50. The van der Waals surface area contributed by atoms with Crippen molar-refractivity contribution in [3.05, 3.63) is 84.1 Å². The van der Waals surface area contributed by atoms with Gasteiger partial charge in [-0.2, -0.15) is 0 Å². The molecule has 174 valence electrons. The molecule has 35 heavy (non-hydrogen) atoms. The number of carbonyl (C=O) groups excluding carboxylic acids is 1. The Balaban J connectivity index is 1.28. The molecular formula is C26H23N7O2. The molecule has 1 aromatic carbocycles. The van der Waals surface area contributed by atoms with Crippen molar-refractivity contribution in [3.63, 3.8) is 0 Å². The molecule has 5 aromatic rings. The van der Waals surface area contributed by atoms with Crippen molar-refractivity contribution in [1.29, 1.82) is 0 Å². The highest BCUT2D eigenvalue weighted by atomic mass is 16.5. The summed E-state index contributed by atoms with van der Waals surface area (Å²) in [5.74, 6) is 1.28. The Bertz CT molecular complexity index is 1510. The first-order valence-electron chi connectivity index (χ1n) is 11.4. The molecule has 1 N–H and O–H groups in total. The van der Waals surface area contributed by atoms with Crippen molar-refractivity contribution < 1.29 is 9.53 Å². The number of aromatic amines is 1. The van der Waals surface area contributed by atoms with Gasteiger partial charge in [0, 0.05) is 31.0 Å². The van der Waals surface area contributed by atoms with Gasteiger partial charge < -0.3 is 14.6 Å². The average molecular weight is 466 g/mol. The summed E-state index contributed by atoms with van der Waals surface area (Å²) in [4.78, 5) is 27.6. The third-order valence-corrected chi connectivity index (χ3v) is 6.50. The lowest BCUT2D eigenvalue weighted by molar-refractivity contribution is -0.131. The van der Waals surface area contributed by atoms with E-state index in [2.05, 4.69) is 37.4 Å². The second kappa shape index (κ2) is 8.68. The number of methoxy groups -OCH3 is 1. The van der Waals surface area contributed by atoms with Crippen LogP contribution < -0.4 is 4.74 Å². The molecule has 1 aliphatic rings. The third kappa shape index (κ3) is 3.71. The first-order chi connectivity index (χ1) is 17.2. The minimum absolute atomic E-state index is 0.0703. The van der Waals surface area contributed by atoms with Gasteiger partial charge in [0.05, 0.1) is 48.7 Å². The second-order valence-corrected chi connectivity index (χ2v) is 8.46. The second-order valence-electron chi connectivity index (χ2n) is 8.46. The van der Waals surface area contributed by atoms with E-state index in [1.165, 1.54) is 11.1 Å². The molecule has 0 atom stereocenters. The number of amides is 1. The molecule has 5 heterocycles. The van der Waals surface area contributed by atoms with Crippen molar-refractivity contribution in [2.24, 2.45) is 0 Å². The van der Waals surface area contributed by atoms with Crippen LogP contribution in [0.3, 0.4) is 0 Å². The molecule has 0 fully saturated rings. The Morgan fingerprint density at radius 3 is 2.89 bits per heavy atom. The molecule has 4 aromatic heterocycles. The predicted octanol–water partition coefficient (Wildman–Crippen LogP) is 3.34. The van der Waals surface area contributed by atoms with Crippen molar-refractivity contribution in [2.45, 2.75) is 19.4 Å². The number of H-pyrrole nitrogens is 1. The highest BCUT2D eigenvalue weighted by Gasteiger charge is 2.25. The SMILES string of the molecule is COc1cnc(-n2ccnn2)c2[nH]cc(CC(=O)N3CCc4c(cccc4-c4ccccn4)C3)c12. The number of carbonyl (C=O) groups is 1. The van der Waals surface area contributed by atoms with Crippen molar-refractivity contribution in [1.82, 2.24) is 34.8 Å². The zero-order valence-corrected chi connectivity index (χ0v) is 19.2. The van der Waals surface area contributed by atoms with Crippen molar-refractivity contribution in [3.8, 4) is 22.8 Å². The number of benzene rings is 1. The molecule has 9 heteroatoms. The van der Waals surface area contributed by atoms with E-state index in [0.717, 1.165) is 34.1 Å². The van der Waals surface area contributed by atoms with E-state index >= 15 is 0 Å². The molecule has 0 unspecified atom stereocenters. The fourth-order valence-electron chi connectivity index (χ4n) is 4.82. The van der Waals surface area contributed by atoms with Gasteiger partial charge in [0.25, 0.3) is 0 Å². The van der Waals surface area contributed by atoms with E-state index < -0.39 is 0 Å². The molecular weight excluding hydrogens is 442 g/mol. The van der Waals surface area contributed by atoms with E-state index in [1.807, 2.05) is 41.6 Å². The Hall–Kier alpha value is -4.53. The zero-order valence-electron chi connectivity index (χ0n) is 19.2. The molecule has 1 amide bonds. The van der Waals surface area contributed by atoms with Gasteiger partial charge >= 0.3 is 0 Å². The van der Waals surface area contributed by atoms with Gasteiger partial charge in [0.15, 0.2) is 5.82 Å². The van der Waals surface area contributed by atoms with Crippen molar-refractivity contribution >= 4 is 16.8 Å². The summed E-state index contributed by atoms with van der Waals surface area (Å²) in [5, 5.41) is 8.75. The van der Waals surface area contributed by atoms with Gasteiger partial charge in [0.2, 0.25) is 5.91 Å². The lowest BCUT2D eigenvalue weighted by Gasteiger charge is -2.30. The summed E-state index contributed by atoms with van der Waals surface area (Å²) < 4.78 is 7.16. The number of rotatable bonds is 5. The summed E-state index contributed by atoms with van der Waals surface area (Å²) in [6.07, 6.45) is 9.69. The van der Waals surface area contributed by atoms with Crippen LogP contribution in [-0.4, -0.2) is 54.4 Å². The number of nitrogens with zero attached hydrogens (tertiary/aromatic N) is 6. The van der Waals surface area contributed by atoms with Crippen LogP contribution in [0.1, 0.15) is 16.7 Å². The number of pyridine rings is 2. The smallest absolute Gasteiger partial charge is 0.227 e. The highest BCUT2D eigenvalue weighted by Crippen LogP contribution is 2.33. The summed E-state index contributed by atoms with van der Waals surface area (Å²) in [6, 6.07) is 12.2. The van der Waals surface area contributed by atoms with Gasteiger partial charge in [-0.15, -0.1) is 5.10 Å². The lowest BCUT2D eigenvalue weighted by Crippen LogP contribution is -2.37.